The minimum absolute atomic E-state index is 0.103. The lowest BCUT2D eigenvalue weighted by molar-refractivity contribution is -0.386. The van der Waals surface area contributed by atoms with Gasteiger partial charge in [-0.2, -0.15) is 0 Å². The first-order chi connectivity index (χ1) is 10.0. The largest absolute Gasteiger partial charge is 0.487 e. The molecule has 0 aliphatic rings. The van der Waals surface area contributed by atoms with Gasteiger partial charge >= 0.3 is 5.69 Å². The number of hydrogen-bond acceptors (Lipinski definition) is 5. The average Bonchev–Trinajstić information content (AvgIpc) is 2.44. The van der Waals surface area contributed by atoms with Gasteiger partial charge in [0.05, 0.1) is 17.0 Å². The smallest absolute Gasteiger partial charge is 0.337 e. The molecule has 0 saturated carbocycles. The lowest BCUT2D eigenvalue weighted by Gasteiger charge is -2.10. The van der Waals surface area contributed by atoms with E-state index in [0.717, 1.165) is 0 Å². The number of benzene rings is 1. The standard InChI is InChI=1S/C15H17N3O3/c1-4-21-15-11-7-5-6-8-12(11)16-13(9-10-17(2)3)14(15)18(19)20/h5-10H,4H2,1-3H3. The molecule has 0 aliphatic heterocycles. The second kappa shape index (κ2) is 6.21. The van der Waals surface area contributed by atoms with Gasteiger partial charge in [0.2, 0.25) is 5.75 Å². The Bertz CT molecular complexity index is 696. The average molecular weight is 287 g/mol. The number of para-hydroxylation sites is 1. The number of nitro groups is 1. The summed E-state index contributed by atoms with van der Waals surface area (Å²) in [5.74, 6) is 0.270. The molecule has 2 rings (SSSR count). The van der Waals surface area contributed by atoms with Crippen LogP contribution in [0.4, 0.5) is 5.69 Å². The van der Waals surface area contributed by atoms with Gasteiger partial charge in [-0.15, -0.1) is 0 Å². The minimum atomic E-state index is -0.445. The summed E-state index contributed by atoms with van der Waals surface area (Å²) in [6.45, 7) is 2.15. The maximum atomic E-state index is 11.4. The zero-order valence-corrected chi connectivity index (χ0v) is 12.2. The normalized spacial score (nSPS) is 11.0. The Labute approximate surface area is 122 Å². The Hall–Kier alpha value is -2.63. The van der Waals surface area contributed by atoms with Gasteiger partial charge in [-0.1, -0.05) is 12.1 Å². The number of hydrogen-bond donors (Lipinski definition) is 0. The second-order valence-corrected chi connectivity index (χ2v) is 4.66. The lowest BCUT2D eigenvalue weighted by Crippen LogP contribution is -2.04. The fourth-order valence-electron chi connectivity index (χ4n) is 1.99. The molecule has 0 N–H and O–H groups in total. The number of nitrogens with zero attached hydrogens (tertiary/aromatic N) is 3. The third kappa shape index (κ3) is 3.10. The van der Waals surface area contributed by atoms with Crippen LogP contribution in [0.3, 0.4) is 0 Å². The summed E-state index contributed by atoms with van der Waals surface area (Å²) >= 11 is 0. The number of aromatic nitrogens is 1. The molecule has 0 radical (unpaired) electrons. The SMILES string of the molecule is CCOc1c([N+](=O)[O-])c(C=CN(C)C)nc2ccccc12. The first kappa shape index (κ1) is 14.8. The molecule has 0 saturated heterocycles. The molecule has 0 atom stereocenters. The summed E-state index contributed by atoms with van der Waals surface area (Å²) in [6.07, 6.45) is 3.34. The quantitative estimate of drug-likeness (QED) is 0.624. The van der Waals surface area contributed by atoms with Crippen LogP contribution in [0.1, 0.15) is 12.6 Å². The van der Waals surface area contributed by atoms with Crippen molar-refractivity contribution >= 4 is 22.7 Å². The maximum absolute atomic E-state index is 11.4. The van der Waals surface area contributed by atoms with E-state index in [2.05, 4.69) is 4.98 Å². The molecular weight excluding hydrogens is 270 g/mol. The molecule has 0 unspecified atom stereocenters. The summed E-state index contributed by atoms with van der Waals surface area (Å²) < 4.78 is 5.53. The van der Waals surface area contributed by atoms with Crippen molar-refractivity contribution in [1.82, 2.24) is 9.88 Å². The molecule has 6 heteroatoms. The first-order valence-electron chi connectivity index (χ1n) is 6.59. The van der Waals surface area contributed by atoms with Gasteiger partial charge in [-0.25, -0.2) is 4.98 Å². The van der Waals surface area contributed by atoms with Gasteiger partial charge < -0.3 is 9.64 Å². The number of pyridine rings is 1. The summed E-state index contributed by atoms with van der Waals surface area (Å²) in [5, 5.41) is 12.1. The number of fused-ring (bicyclic) bond motifs is 1. The van der Waals surface area contributed by atoms with E-state index >= 15 is 0 Å². The monoisotopic (exact) mass is 287 g/mol. The third-order valence-electron chi connectivity index (χ3n) is 2.85. The van der Waals surface area contributed by atoms with Gasteiger partial charge in [-0.05, 0) is 25.1 Å². The minimum Gasteiger partial charge on any atom is -0.487 e. The molecule has 21 heavy (non-hydrogen) atoms. The summed E-state index contributed by atoms with van der Waals surface area (Å²) in [6, 6.07) is 7.25. The van der Waals surface area contributed by atoms with Gasteiger partial charge in [0.1, 0.15) is 5.69 Å². The highest BCUT2D eigenvalue weighted by Gasteiger charge is 2.24. The van der Waals surface area contributed by atoms with Crippen LogP contribution in [0.2, 0.25) is 0 Å². The van der Waals surface area contributed by atoms with Gasteiger partial charge in [0, 0.05) is 25.7 Å². The van der Waals surface area contributed by atoms with E-state index in [1.165, 1.54) is 0 Å². The number of ether oxygens (including phenoxy) is 1. The van der Waals surface area contributed by atoms with Crippen molar-refractivity contribution in [3.05, 3.63) is 46.3 Å². The van der Waals surface area contributed by atoms with E-state index in [1.807, 2.05) is 32.3 Å². The predicted molar refractivity (Wildman–Crippen MR) is 82.3 cm³/mol. The molecule has 1 heterocycles. The molecule has 2 aromatic rings. The zero-order valence-electron chi connectivity index (χ0n) is 12.2. The maximum Gasteiger partial charge on any atom is 0.337 e. The van der Waals surface area contributed by atoms with Gasteiger partial charge in [0.15, 0.2) is 0 Å². The van der Waals surface area contributed by atoms with E-state index < -0.39 is 4.92 Å². The molecule has 0 bridgehead atoms. The highest BCUT2D eigenvalue weighted by molar-refractivity contribution is 5.91. The van der Waals surface area contributed by atoms with Crippen LogP contribution >= 0.6 is 0 Å². The van der Waals surface area contributed by atoms with E-state index in [9.17, 15) is 10.1 Å². The zero-order chi connectivity index (χ0) is 15.4. The van der Waals surface area contributed by atoms with E-state index in [-0.39, 0.29) is 17.1 Å². The van der Waals surface area contributed by atoms with Crippen molar-refractivity contribution < 1.29 is 9.66 Å². The molecule has 0 fully saturated rings. The van der Waals surface area contributed by atoms with Crippen LogP contribution in [0, 0.1) is 10.1 Å². The van der Waals surface area contributed by atoms with E-state index in [4.69, 9.17) is 4.74 Å². The topological polar surface area (TPSA) is 68.5 Å². The summed E-state index contributed by atoms with van der Waals surface area (Å²) in [4.78, 5) is 17.2. The van der Waals surface area contributed by atoms with Crippen molar-refractivity contribution in [2.75, 3.05) is 20.7 Å². The van der Waals surface area contributed by atoms with Crippen molar-refractivity contribution in [1.29, 1.82) is 0 Å². The molecule has 1 aromatic heterocycles. The molecule has 110 valence electrons. The van der Waals surface area contributed by atoms with E-state index in [0.29, 0.717) is 17.5 Å². The van der Waals surface area contributed by atoms with Crippen LogP contribution in [0.25, 0.3) is 17.0 Å². The Morgan fingerprint density at radius 2 is 2.10 bits per heavy atom. The lowest BCUT2D eigenvalue weighted by atomic mass is 10.1. The third-order valence-corrected chi connectivity index (χ3v) is 2.85. The van der Waals surface area contributed by atoms with Gasteiger partial charge in [0.25, 0.3) is 0 Å². The van der Waals surface area contributed by atoms with Crippen LogP contribution < -0.4 is 4.74 Å². The Kier molecular flexibility index (Phi) is 4.37. The second-order valence-electron chi connectivity index (χ2n) is 4.66. The van der Waals surface area contributed by atoms with Crippen LogP contribution in [0.5, 0.6) is 5.75 Å². The molecular formula is C15H17N3O3. The fraction of sp³-hybridized carbons (Fsp3) is 0.267. The van der Waals surface area contributed by atoms with Crippen LogP contribution in [-0.2, 0) is 0 Å². The van der Waals surface area contributed by atoms with Crippen molar-refractivity contribution in [3.8, 4) is 5.75 Å². The predicted octanol–water partition coefficient (Wildman–Crippen LogP) is 3.07. The van der Waals surface area contributed by atoms with Crippen molar-refractivity contribution in [3.63, 3.8) is 0 Å². The highest BCUT2D eigenvalue weighted by Crippen LogP contribution is 2.37. The number of rotatable bonds is 5. The van der Waals surface area contributed by atoms with Crippen LogP contribution in [0.15, 0.2) is 30.5 Å². The molecule has 1 aromatic carbocycles. The Morgan fingerprint density at radius 1 is 1.38 bits per heavy atom. The van der Waals surface area contributed by atoms with Crippen molar-refractivity contribution in [2.45, 2.75) is 6.92 Å². The molecule has 0 spiro atoms. The molecule has 6 nitrogen and oxygen atoms in total. The fourth-order valence-corrected chi connectivity index (χ4v) is 1.99. The molecule has 0 aliphatic carbocycles. The van der Waals surface area contributed by atoms with Crippen LogP contribution in [-0.4, -0.2) is 35.5 Å². The van der Waals surface area contributed by atoms with E-state index in [1.54, 1.807) is 30.2 Å². The van der Waals surface area contributed by atoms with Gasteiger partial charge in [-0.3, -0.25) is 10.1 Å². The summed E-state index contributed by atoms with van der Waals surface area (Å²) in [7, 11) is 3.68. The molecule has 0 amide bonds. The van der Waals surface area contributed by atoms with Crippen molar-refractivity contribution in [2.24, 2.45) is 0 Å². The summed E-state index contributed by atoms with van der Waals surface area (Å²) in [5.41, 5.74) is 0.856. The Morgan fingerprint density at radius 3 is 2.71 bits per heavy atom. The highest BCUT2D eigenvalue weighted by atomic mass is 16.6. The first-order valence-corrected chi connectivity index (χ1v) is 6.59. The Balaban J connectivity index is 2.77.